The molecule has 1 aromatic carbocycles. The summed E-state index contributed by atoms with van der Waals surface area (Å²) in [5, 5.41) is 8.41. The Labute approximate surface area is 91.6 Å². The molecule has 0 spiro atoms. The second-order valence-corrected chi connectivity index (χ2v) is 3.83. The molecule has 0 aromatic heterocycles. The predicted molar refractivity (Wildman–Crippen MR) is 57.9 cm³/mol. The van der Waals surface area contributed by atoms with Gasteiger partial charge in [0.25, 0.3) is 0 Å². The van der Waals surface area contributed by atoms with E-state index in [0.29, 0.717) is 5.75 Å². The highest BCUT2D eigenvalue weighted by atomic mass is 79.9. The van der Waals surface area contributed by atoms with E-state index >= 15 is 0 Å². The Kier molecular flexibility index (Phi) is 3.93. The third-order valence-corrected chi connectivity index (χ3v) is 2.25. The maximum absolute atomic E-state index is 8.41. The predicted octanol–water partition coefficient (Wildman–Crippen LogP) is 2.37. The quantitative estimate of drug-likeness (QED) is 0.901. The van der Waals surface area contributed by atoms with Gasteiger partial charge in [-0.05, 0) is 19.1 Å². The van der Waals surface area contributed by atoms with Crippen molar-refractivity contribution in [2.75, 3.05) is 6.61 Å². The van der Waals surface area contributed by atoms with Crippen LogP contribution in [0.1, 0.15) is 18.5 Å². The van der Waals surface area contributed by atoms with Gasteiger partial charge in [0.2, 0.25) is 0 Å². The molecule has 0 saturated carbocycles. The van der Waals surface area contributed by atoms with Gasteiger partial charge in [-0.1, -0.05) is 22.0 Å². The summed E-state index contributed by atoms with van der Waals surface area (Å²) in [6.07, 6.45) is 0. The Morgan fingerprint density at radius 1 is 1.64 bits per heavy atom. The van der Waals surface area contributed by atoms with Crippen molar-refractivity contribution in [1.29, 1.82) is 5.26 Å². The van der Waals surface area contributed by atoms with Crippen LogP contribution < -0.4 is 10.5 Å². The first kappa shape index (κ1) is 11.0. The number of rotatable bonds is 3. The summed E-state index contributed by atoms with van der Waals surface area (Å²) in [7, 11) is 0. The number of hydrogen-bond donors (Lipinski definition) is 1. The van der Waals surface area contributed by atoms with Crippen molar-refractivity contribution >= 4 is 15.9 Å². The molecule has 2 N–H and O–H groups in total. The Morgan fingerprint density at radius 2 is 2.36 bits per heavy atom. The van der Waals surface area contributed by atoms with Gasteiger partial charge >= 0.3 is 0 Å². The van der Waals surface area contributed by atoms with Gasteiger partial charge in [-0.15, -0.1) is 0 Å². The maximum atomic E-state index is 8.41. The average molecular weight is 255 g/mol. The molecule has 0 bridgehead atoms. The lowest BCUT2D eigenvalue weighted by Crippen LogP contribution is -2.08. The standard InChI is InChI=1S/C10H11BrN2O/c1-7(13)9-3-2-8(11)6-10(9)14-5-4-12/h2-3,6-7H,5,13H2,1H3. The fraction of sp³-hybridized carbons (Fsp3) is 0.300. The van der Waals surface area contributed by atoms with Gasteiger partial charge in [-0.3, -0.25) is 0 Å². The minimum absolute atomic E-state index is 0.0379. The fourth-order valence-corrected chi connectivity index (χ4v) is 1.46. The second kappa shape index (κ2) is 4.99. The molecule has 0 saturated heterocycles. The summed E-state index contributed by atoms with van der Waals surface area (Å²) in [4.78, 5) is 0. The number of ether oxygens (including phenoxy) is 1. The van der Waals surface area contributed by atoms with E-state index in [1.165, 1.54) is 0 Å². The largest absolute Gasteiger partial charge is 0.478 e. The van der Waals surface area contributed by atoms with E-state index in [4.69, 9.17) is 15.7 Å². The number of benzene rings is 1. The first-order valence-electron chi connectivity index (χ1n) is 4.20. The van der Waals surface area contributed by atoms with Crippen molar-refractivity contribution in [3.05, 3.63) is 28.2 Å². The zero-order valence-electron chi connectivity index (χ0n) is 7.83. The van der Waals surface area contributed by atoms with Crippen LogP contribution in [0, 0.1) is 11.3 Å². The first-order valence-corrected chi connectivity index (χ1v) is 4.99. The summed E-state index contributed by atoms with van der Waals surface area (Å²) in [5.41, 5.74) is 6.66. The normalized spacial score (nSPS) is 11.9. The van der Waals surface area contributed by atoms with Gasteiger partial charge < -0.3 is 10.5 Å². The molecule has 0 radical (unpaired) electrons. The van der Waals surface area contributed by atoms with Gasteiger partial charge in [0.05, 0.1) is 0 Å². The molecule has 0 amide bonds. The van der Waals surface area contributed by atoms with Crippen LogP contribution in [0.3, 0.4) is 0 Å². The third-order valence-electron chi connectivity index (χ3n) is 1.76. The molecule has 14 heavy (non-hydrogen) atoms. The van der Waals surface area contributed by atoms with E-state index in [2.05, 4.69) is 15.9 Å². The number of halogens is 1. The smallest absolute Gasteiger partial charge is 0.174 e. The van der Waals surface area contributed by atoms with Gasteiger partial charge in [0, 0.05) is 16.1 Å². The van der Waals surface area contributed by atoms with Crippen LogP contribution in [0.25, 0.3) is 0 Å². The molecule has 0 fully saturated rings. The SMILES string of the molecule is CC(N)c1ccc(Br)cc1OCC#N. The number of nitrogens with zero attached hydrogens (tertiary/aromatic N) is 1. The van der Waals surface area contributed by atoms with Crippen LogP contribution in [0.4, 0.5) is 0 Å². The first-order chi connectivity index (χ1) is 6.65. The van der Waals surface area contributed by atoms with Crippen LogP contribution >= 0.6 is 15.9 Å². The van der Waals surface area contributed by atoms with Gasteiger partial charge in [-0.25, -0.2) is 0 Å². The summed E-state index contributed by atoms with van der Waals surface area (Å²) < 4.78 is 6.17. The van der Waals surface area contributed by atoms with E-state index < -0.39 is 0 Å². The maximum Gasteiger partial charge on any atom is 0.174 e. The van der Waals surface area contributed by atoms with E-state index in [9.17, 15) is 0 Å². The van der Waals surface area contributed by atoms with E-state index in [-0.39, 0.29) is 12.6 Å². The Hall–Kier alpha value is -1.05. The van der Waals surface area contributed by atoms with Gasteiger partial charge in [0.15, 0.2) is 6.61 Å². The molecular formula is C10H11BrN2O. The highest BCUT2D eigenvalue weighted by molar-refractivity contribution is 9.10. The van der Waals surface area contributed by atoms with Crippen molar-refractivity contribution in [2.45, 2.75) is 13.0 Å². The van der Waals surface area contributed by atoms with E-state index in [0.717, 1.165) is 10.0 Å². The fourth-order valence-electron chi connectivity index (χ4n) is 1.12. The molecule has 74 valence electrons. The summed E-state index contributed by atoms with van der Waals surface area (Å²) in [6.45, 7) is 1.92. The number of nitriles is 1. The highest BCUT2D eigenvalue weighted by Crippen LogP contribution is 2.27. The van der Waals surface area contributed by atoms with Crippen LogP contribution in [0.15, 0.2) is 22.7 Å². The minimum atomic E-state index is -0.100. The van der Waals surface area contributed by atoms with Crippen LogP contribution in [0.2, 0.25) is 0 Å². The van der Waals surface area contributed by atoms with Gasteiger partial charge in [0.1, 0.15) is 11.8 Å². The highest BCUT2D eigenvalue weighted by Gasteiger charge is 2.08. The lowest BCUT2D eigenvalue weighted by Gasteiger charge is -2.12. The lowest BCUT2D eigenvalue weighted by atomic mass is 10.1. The minimum Gasteiger partial charge on any atom is -0.478 e. The van der Waals surface area contributed by atoms with Crippen molar-refractivity contribution in [2.24, 2.45) is 5.73 Å². The number of nitrogens with two attached hydrogens (primary N) is 1. The molecule has 1 atom stereocenters. The van der Waals surface area contributed by atoms with Crippen LogP contribution in [0.5, 0.6) is 5.75 Å². The summed E-state index contributed by atoms with van der Waals surface area (Å²) in [5.74, 6) is 0.663. The van der Waals surface area contributed by atoms with E-state index in [1.807, 2.05) is 31.2 Å². The average Bonchev–Trinajstić information content (AvgIpc) is 2.14. The Morgan fingerprint density at radius 3 is 2.93 bits per heavy atom. The molecule has 0 aliphatic carbocycles. The summed E-state index contributed by atoms with van der Waals surface area (Å²) in [6, 6.07) is 7.43. The molecule has 0 aliphatic heterocycles. The zero-order valence-corrected chi connectivity index (χ0v) is 9.41. The third kappa shape index (κ3) is 2.72. The molecule has 1 rings (SSSR count). The van der Waals surface area contributed by atoms with Crippen molar-refractivity contribution in [1.82, 2.24) is 0 Å². The Bertz CT molecular complexity index is 358. The molecular weight excluding hydrogens is 244 g/mol. The topological polar surface area (TPSA) is 59.0 Å². The van der Waals surface area contributed by atoms with Gasteiger partial charge in [-0.2, -0.15) is 5.26 Å². The monoisotopic (exact) mass is 254 g/mol. The van der Waals surface area contributed by atoms with Crippen LogP contribution in [-0.4, -0.2) is 6.61 Å². The van der Waals surface area contributed by atoms with Crippen molar-refractivity contribution < 1.29 is 4.74 Å². The molecule has 1 aromatic rings. The second-order valence-electron chi connectivity index (χ2n) is 2.92. The van der Waals surface area contributed by atoms with Crippen molar-refractivity contribution in [3.63, 3.8) is 0 Å². The summed E-state index contributed by atoms with van der Waals surface area (Å²) >= 11 is 3.33. The van der Waals surface area contributed by atoms with Crippen molar-refractivity contribution in [3.8, 4) is 11.8 Å². The molecule has 4 heteroatoms. The zero-order chi connectivity index (χ0) is 10.6. The molecule has 3 nitrogen and oxygen atoms in total. The molecule has 1 unspecified atom stereocenters. The number of hydrogen-bond acceptors (Lipinski definition) is 3. The molecule has 0 heterocycles. The Balaban J connectivity index is 2.98. The molecule has 0 aliphatic rings. The van der Waals surface area contributed by atoms with Crippen LogP contribution in [-0.2, 0) is 0 Å². The lowest BCUT2D eigenvalue weighted by molar-refractivity contribution is 0.361. The van der Waals surface area contributed by atoms with E-state index in [1.54, 1.807) is 0 Å².